The highest BCUT2D eigenvalue weighted by Crippen LogP contribution is 2.46. The number of methoxy groups -OCH3 is 1. The Morgan fingerprint density at radius 3 is 1.55 bits per heavy atom. The van der Waals surface area contributed by atoms with E-state index in [1.54, 1.807) is 0 Å². The predicted octanol–water partition coefficient (Wildman–Crippen LogP) is -0.147. The molecule has 196 valence electrons. The SMILES string of the molecule is CN[C@@H]1C[C@H](COP(=O)(O)OCC(COP(=O)(O)OC[C@@H]2C[C@H](NC)CN2C)OC)N(C)C1. The van der Waals surface area contributed by atoms with Gasteiger partial charge in [-0.25, -0.2) is 9.13 Å². The maximum atomic E-state index is 12.2. The number of hydrogen-bond acceptors (Lipinski definition) is 11. The molecule has 0 aromatic heterocycles. The van der Waals surface area contributed by atoms with E-state index >= 15 is 0 Å². The second-order valence-corrected chi connectivity index (χ2v) is 11.5. The van der Waals surface area contributed by atoms with E-state index in [9.17, 15) is 18.9 Å². The third-order valence-corrected chi connectivity index (χ3v) is 8.14. The van der Waals surface area contributed by atoms with Crippen molar-refractivity contribution in [2.75, 3.05) is 74.8 Å². The average molecular weight is 518 g/mol. The Hall–Kier alpha value is 0.0200. The van der Waals surface area contributed by atoms with Gasteiger partial charge in [-0.3, -0.25) is 27.9 Å². The van der Waals surface area contributed by atoms with Gasteiger partial charge in [0.2, 0.25) is 0 Å². The van der Waals surface area contributed by atoms with Crippen LogP contribution in [0.3, 0.4) is 0 Å². The molecule has 33 heavy (non-hydrogen) atoms. The first-order valence-electron chi connectivity index (χ1n) is 11.0. The highest BCUT2D eigenvalue weighted by atomic mass is 31.2. The van der Waals surface area contributed by atoms with Crippen LogP contribution in [0.1, 0.15) is 12.8 Å². The minimum atomic E-state index is -4.33. The van der Waals surface area contributed by atoms with Crippen LogP contribution < -0.4 is 10.6 Å². The summed E-state index contributed by atoms with van der Waals surface area (Å²) >= 11 is 0. The lowest BCUT2D eigenvalue weighted by atomic mass is 10.2. The van der Waals surface area contributed by atoms with Crippen LogP contribution in [0.15, 0.2) is 0 Å². The summed E-state index contributed by atoms with van der Waals surface area (Å²) in [6.45, 7) is 1.00. The molecule has 2 heterocycles. The summed E-state index contributed by atoms with van der Waals surface area (Å²) in [4.78, 5) is 24.0. The van der Waals surface area contributed by atoms with Crippen molar-refractivity contribution in [3.05, 3.63) is 0 Å². The largest absolute Gasteiger partial charge is 0.472 e. The molecular weight excluding hydrogens is 478 g/mol. The molecule has 2 aliphatic heterocycles. The van der Waals surface area contributed by atoms with Gasteiger partial charge in [-0.05, 0) is 41.0 Å². The highest BCUT2D eigenvalue weighted by Gasteiger charge is 2.34. The molecule has 0 aliphatic carbocycles. The van der Waals surface area contributed by atoms with Crippen LogP contribution in [0.2, 0.25) is 0 Å². The number of phosphoric ester groups is 2. The quantitative estimate of drug-likeness (QED) is 0.213. The van der Waals surface area contributed by atoms with Gasteiger partial charge in [0.15, 0.2) is 0 Å². The topological polar surface area (TPSA) is 151 Å². The summed E-state index contributed by atoms with van der Waals surface area (Å²) in [7, 11) is 0.261. The summed E-state index contributed by atoms with van der Waals surface area (Å²) in [6.07, 6.45) is 0.711. The number of rotatable bonds is 15. The lowest BCUT2D eigenvalue weighted by Gasteiger charge is -2.23. The van der Waals surface area contributed by atoms with E-state index in [1.165, 1.54) is 7.11 Å². The van der Waals surface area contributed by atoms with Crippen LogP contribution in [-0.4, -0.2) is 125 Å². The summed E-state index contributed by atoms with van der Waals surface area (Å²) in [5, 5.41) is 6.36. The first-order valence-corrected chi connectivity index (χ1v) is 14.0. The van der Waals surface area contributed by atoms with Gasteiger partial charge in [-0.1, -0.05) is 0 Å². The Kier molecular flexibility index (Phi) is 11.8. The number of nitrogens with zero attached hydrogens (tertiary/aromatic N) is 2. The molecule has 0 amide bonds. The Balaban J connectivity index is 1.70. The van der Waals surface area contributed by atoms with Crippen LogP contribution in [-0.2, 0) is 32.0 Å². The molecule has 2 rings (SSSR count). The molecular formula is C18H40N4O9P2. The number of nitrogens with one attached hydrogen (secondary N) is 2. The van der Waals surface area contributed by atoms with Crippen LogP contribution >= 0.6 is 15.6 Å². The molecule has 3 unspecified atom stereocenters. The van der Waals surface area contributed by atoms with Gasteiger partial charge in [0.1, 0.15) is 6.10 Å². The van der Waals surface area contributed by atoms with Gasteiger partial charge in [0, 0.05) is 44.4 Å². The zero-order chi connectivity index (χ0) is 24.6. The van der Waals surface area contributed by atoms with Gasteiger partial charge in [-0.2, -0.15) is 0 Å². The molecule has 13 nitrogen and oxygen atoms in total. The van der Waals surface area contributed by atoms with Crippen molar-refractivity contribution < 1.29 is 41.7 Å². The predicted molar refractivity (Wildman–Crippen MR) is 122 cm³/mol. The number of likely N-dealkylation sites (tertiary alicyclic amines) is 2. The molecule has 0 aromatic rings. The third-order valence-electron chi connectivity index (χ3n) is 6.23. The van der Waals surface area contributed by atoms with E-state index in [2.05, 4.69) is 10.6 Å². The van der Waals surface area contributed by atoms with Crippen LogP contribution in [0.5, 0.6) is 0 Å². The molecule has 2 fully saturated rings. The Bertz CT molecular complexity index is 637. The normalized spacial score (nSPS) is 31.5. The molecule has 15 heteroatoms. The minimum Gasteiger partial charge on any atom is -0.377 e. The number of likely N-dealkylation sites (N-methyl/N-ethyl adjacent to an activating group) is 4. The second kappa shape index (κ2) is 13.4. The van der Waals surface area contributed by atoms with Crippen molar-refractivity contribution in [3.8, 4) is 0 Å². The Morgan fingerprint density at radius 1 is 0.848 bits per heavy atom. The van der Waals surface area contributed by atoms with Gasteiger partial charge in [-0.15, -0.1) is 0 Å². The fourth-order valence-electron chi connectivity index (χ4n) is 3.94. The summed E-state index contributed by atoms with van der Waals surface area (Å²) in [5.74, 6) is 0. The van der Waals surface area contributed by atoms with Gasteiger partial charge >= 0.3 is 15.6 Å². The van der Waals surface area contributed by atoms with E-state index in [0.717, 1.165) is 25.9 Å². The highest BCUT2D eigenvalue weighted by molar-refractivity contribution is 7.47. The maximum absolute atomic E-state index is 12.2. The van der Waals surface area contributed by atoms with Gasteiger partial charge in [0.25, 0.3) is 0 Å². The van der Waals surface area contributed by atoms with Crippen molar-refractivity contribution in [1.29, 1.82) is 0 Å². The van der Waals surface area contributed by atoms with Crippen molar-refractivity contribution in [2.45, 2.75) is 43.1 Å². The molecule has 0 radical (unpaired) electrons. The second-order valence-electron chi connectivity index (χ2n) is 8.61. The van der Waals surface area contributed by atoms with E-state index in [-0.39, 0.29) is 38.5 Å². The Morgan fingerprint density at radius 2 is 1.24 bits per heavy atom. The number of phosphoric acid groups is 2. The van der Waals surface area contributed by atoms with Crippen molar-refractivity contribution in [2.24, 2.45) is 0 Å². The van der Waals surface area contributed by atoms with E-state index < -0.39 is 21.7 Å². The summed E-state index contributed by atoms with van der Waals surface area (Å²) < 4.78 is 49.8. The summed E-state index contributed by atoms with van der Waals surface area (Å²) in [6, 6.07) is 0.584. The van der Waals surface area contributed by atoms with E-state index in [0.29, 0.717) is 12.1 Å². The fourth-order valence-corrected chi connectivity index (χ4v) is 5.52. The van der Waals surface area contributed by atoms with Crippen molar-refractivity contribution in [3.63, 3.8) is 0 Å². The molecule has 0 saturated carbocycles. The first kappa shape index (κ1) is 29.3. The standard InChI is InChI=1S/C18H40N4O9P2/c1-19-14-6-16(21(3)8-14)10-28-32(23,24)30-12-18(27-5)13-31-33(25,26)29-11-17-7-15(20-2)9-22(17)4/h14-20H,6-13H2,1-5H3,(H,23,24)(H,25,26)/t14-,15+,16-,17+,18?. The van der Waals surface area contributed by atoms with Gasteiger partial charge in [0.05, 0.1) is 26.4 Å². The fraction of sp³-hybridized carbons (Fsp3) is 1.00. The molecule has 4 N–H and O–H groups in total. The van der Waals surface area contributed by atoms with E-state index in [4.69, 9.17) is 22.8 Å². The van der Waals surface area contributed by atoms with Gasteiger partial charge < -0.3 is 25.2 Å². The van der Waals surface area contributed by atoms with Crippen molar-refractivity contribution in [1.82, 2.24) is 20.4 Å². The van der Waals surface area contributed by atoms with Crippen LogP contribution in [0.4, 0.5) is 0 Å². The Labute approximate surface area is 196 Å². The molecule has 7 atom stereocenters. The van der Waals surface area contributed by atoms with E-state index in [1.807, 2.05) is 38.0 Å². The van der Waals surface area contributed by atoms with Crippen LogP contribution in [0.25, 0.3) is 0 Å². The molecule has 0 bridgehead atoms. The minimum absolute atomic E-state index is 0.00667. The zero-order valence-electron chi connectivity index (χ0n) is 20.1. The lowest BCUT2D eigenvalue weighted by Crippen LogP contribution is -2.30. The monoisotopic (exact) mass is 518 g/mol. The average Bonchev–Trinajstić information content (AvgIpc) is 3.32. The molecule has 2 aliphatic rings. The smallest absolute Gasteiger partial charge is 0.377 e. The lowest BCUT2D eigenvalue weighted by molar-refractivity contribution is -0.000373. The van der Waals surface area contributed by atoms with Crippen molar-refractivity contribution >= 4 is 15.6 Å². The molecule has 2 saturated heterocycles. The van der Waals surface area contributed by atoms with Crippen LogP contribution in [0, 0.1) is 0 Å². The summed E-state index contributed by atoms with van der Waals surface area (Å²) in [5.41, 5.74) is 0. The molecule has 0 aromatic carbocycles. The number of ether oxygens (including phenoxy) is 1. The zero-order valence-corrected chi connectivity index (χ0v) is 21.9. The number of hydrogen-bond donors (Lipinski definition) is 4. The third kappa shape index (κ3) is 9.89. The maximum Gasteiger partial charge on any atom is 0.472 e. The molecule has 0 spiro atoms. The first-order chi connectivity index (χ1) is 15.5.